The molecule has 0 aromatic rings. The van der Waals surface area contributed by atoms with Crippen LogP contribution in [0.1, 0.15) is 32.6 Å². The molecule has 2 unspecified atom stereocenters. The average molecular weight is 270 g/mol. The van der Waals surface area contributed by atoms with E-state index in [2.05, 4.69) is 17.1 Å². The van der Waals surface area contributed by atoms with Crippen molar-refractivity contribution < 1.29 is 9.47 Å². The van der Waals surface area contributed by atoms with Crippen LogP contribution in [0.3, 0.4) is 0 Å². The normalized spacial score (nSPS) is 28.7. The first-order valence-corrected chi connectivity index (χ1v) is 7.89. The summed E-state index contributed by atoms with van der Waals surface area (Å²) in [5.74, 6) is 0.958. The van der Waals surface area contributed by atoms with Crippen LogP contribution in [-0.4, -0.2) is 63.5 Å². The zero-order valence-corrected chi connectivity index (χ0v) is 12.6. The van der Waals surface area contributed by atoms with Crippen molar-refractivity contribution in [1.29, 1.82) is 0 Å². The Balaban J connectivity index is 1.65. The van der Waals surface area contributed by atoms with Gasteiger partial charge in [0.05, 0.1) is 13.2 Å². The fourth-order valence-electron chi connectivity index (χ4n) is 2.99. The van der Waals surface area contributed by atoms with E-state index >= 15 is 0 Å². The summed E-state index contributed by atoms with van der Waals surface area (Å²) in [6.45, 7) is 8.16. The van der Waals surface area contributed by atoms with E-state index in [1.807, 2.05) is 0 Å². The summed E-state index contributed by atoms with van der Waals surface area (Å²) in [6.07, 6.45) is 5.25. The largest absolute Gasteiger partial charge is 0.382 e. The summed E-state index contributed by atoms with van der Waals surface area (Å²) in [5.41, 5.74) is 0. The molecule has 0 spiro atoms. The van der Waals surface area contributed by atoms with E-state index in [1.54, 1.807) is 7.11 Å². The lowest BCUT2D eigenvalue weighted by atomic mass is 10.0. The number of ether oxygens (including phenoxy) is 2. The number of hydrogen-bond donors (Lipinski definition) is 1. The second kappa shape index (κ2) is 8.20. The number of piperazine rings is 1. The maximum atomic E-state index is 5.56. The van der Waals surface area contributed by atoms with Gasteiger partial charge in [-0.1, -0.05) is 6.92 Å². The van der Waals surface area contributed by atoms with Gasteiger partial charge in [-0.2, -0.15) is 0 Å². The Bertz CT molecular complexity index is 246. The molecular formula is C15H30N2O2. The van der Waals surface area contributed by atoms with E-state index in [0.717, 1.165) is 31.6 Å². The van der Waals surface area contributed by atoms with Crippen molar-refractivity contribution in [1.82, 2.24) is 10.2 Å². The molecule has 2 atom stereocenters. The molecule has 0 aromatic heterocycles. The van der Waals surface area contributed by atoms with Crippen LogP contribution in [0.25, 0.3) is 0 Å². The molecule has 0 aromatic carbocycles. The molecule has 112 valence electrons. The Morgan fingerprint density at radius 2 is 2.05 bits per heavy atom. The van der Waals surface area contributed by atoms with Crippen LogP contribution in [-0.2, 0) is 9.47 Å². The molecule has 1 aliphatic heterocycles. The van der Waals surface area contributed by atoms with Crippen LogP contribution < -0.4 is 5.32 Å². The molecule has 1 saturated carbocycles. The smallest absolute Gasteiger partial charge is 0.0700 e. The zero-order valence-electron chi connectivity index (χ0n) is 12.6. The molecule has 1 N–H and O–H groups in total. The van der Waals surface area contributed by atoms with Gasteiger partial charge in [0.15, 0.2) is 0 Å². The molecule has 1 saturated heterocycles. The highest BCUT2D eigenvalue weighted by Crippen LogP contribution is 2.36. The van der Waals surface area contributed by atoms with Crippen molar-refractivity contribution in [3.8, 4) is 0 Å². The van der Waals surface area contributed by atoms with Gasteiger partial charge in [-0.05, 0) is 31.6 Å². The van der Waals surface area contributed by atoms with Gasteiger partial charge in [-0.15, -0.1) is 0 Å². The van der Waals surface area contributed by atoms with Crippen molar-refractivity contribution >= 4 is 0 Å². The Morgan fingerprint density at radius 1 is 1.21 bits per heavy atom. The van der Waals surface area contributed by atoms with E-state index in [1.165, 1.54) is 38.9 Å². The lowest BCUT2D eigenvalue weighted by Gasteiger charge is -2.40. The topological polar surface area (TPSA) is 33.7 Å². The molecule has 2 rings (SSSR count). The molecule has 19 heavy (non-hydrogen) atoms. The van der Waals surface area contributed by atoms with Gasteiger partial charge in [0.1, 0.15) is 0 Å². The molecule has 2 fully saturated rings. The molecular weight excluding hydrogens is 240 g/mol. The van der Waals surface area contributed by atoms with Gasteiger partial charge >= 0.3 is 0 Å². The highest BCUT2D eigenvalue weighted by molar-refractivity contribution is 4.94. The van der Waals surface area contributed by atoms with Gasteiger partial charge in [0, 0.05) is 45.4 Å². The first-order chi connectivity index (χ1) is 9.35. The Labute approximate surface area is 117 Å². The quantitative estimate of drug-likeness (QED) is 0.644. The SMILES string of the molecule is CCC1CN(CCCOCCOC)C(C2CC2)CN1. The minimum absolute atomic E-state index is 0.685. The van der Waals surface area contributed by atoms with Crippen molar-refractivity contribution in [3.63, 3.8) is 0 Å². The lowest BCUT2D eigenvalue weighted by Crippen LogP contribution is -2.57. The summed E-state index contributed by atoms with van der Waals surface area (Å²) in [6, 6.07) is 1.46. The average Bonchev–Trinajstić information content (AvgIpc) is 3.27. The summed E-state index contributed by atoms with van der Waals surface area (Å²) in [4.78, 5) is 2.71. The Morgan fingerprint density at radius 3 is 2.74 bits per heavy atom. The fraction of sp³-hybridized carbons (Fsp3) is 1.00. The van der Waals surface area contributed by atoms with Gasteiger partial charge in [0.2, 0.25) is 0 Å². The molecule has 0 bridgehead atoms. The van der Waals surface area contributed by atoms with Gasteiger partial charge in [-0.3, -0.25) is 4.90 Å². The molecule has 0 radical (unpaired) electrons. The molecule has 4 heteroatoms. The lowest BCUT2D eigenvalue weighted by molar-refractivity contribution is 0.0552. The molecule has 1 heterocycles. The van der Waals surface area contributed by atoms with Crippen LogP contribution in [0.15, 0.2) is 0 Å². The monoisotopic (exact) mass is 270 g/mol. The predicted octanol–water partition coefficient (Wildman–Crippen LogP) is 1.50. The van der Waals surface area contributed by atoms with Crippen LogP contribution in [0.2, 0.25) is 0 Å². The Hall–Kier alpha value is -0.160. The summed E-state index contributed by atoms with van der Waals surface area (Å²) >= 11 is 0. The summed E-state index contributed by atoms with van der Waals surface area (Å²) in [7, 11) is 1.72. The van der Waals surface area contributed by atoms with E-state index in [0.29, 0.717) is 12.6 Å². The first-order valence-electron chi connectivity index (χ1n) is 7.89. The van der Waals surface area contributed by atoms with Gasteiger partial charge in [-0.25, -0.2) is 0 Å². The van der Waals surface area contributed by atoms with Crippen molar-refractivity contribution in [2.45, 2.75) is 44.7 Å². The first kappa shape index (κ1) is 15.2. The highest BCUT2D eigenvalue weighted by atomic mass is 16.5. The highest BCUT2D eigenvalue weighted by Gasteiger charge is 2.37. The number of nitrogens with one attached hydrogen (secondary N) is 1. The van der Waals surface area contributed by atoms with Crippen LogP contribution in [0, 0.1) is 5.92 Å². The fourth-order valence-corrected chi connectivity index (χ4v) is 2.99. The summed E-state index contributed by atoms with van der Waals surface area (Å²) < 4.78 is 10.5. The van der Waals surface area contributed by atoms with Crippen molar-refractivity contribution in [2.75, 3.05) is 46.6 Å². The van der Waals surface area contributed by atoms with Gasteiger partial charge in [0.25, 0.3) is 0 Å². The van der Waals surface area contributed by atoms with Crippen LogP contribution in [0.4, 0.5) is 0 Å². The van der Waals surface area contributed by atoms with E-state index < -0.39 is 0 Å². The second-order valence-corrected chi connectivity index (χ2v) is 5.87. The molecule has 1 aliphatic carbocycles. The number of rotatable bonds is 9. The minimum atomic E-state index is 0.685. The van der Waals surface area contributed by atoms with Gasteiger partial charge < -0.3 is 14.8 Å². The third-order valence-corrected chi connectivity index (χ3v) is 4.36. The van der Waals surface area contributed by atoms with E-state index in [-0.39, 0.29) is 0 Å². The Kier molecular flexibility index (Phi) is 6.57. The predicted molar refractivity (Wildman–Crippen MR) is 77.5 cm³/mol. The molecule has 0 amide bonds. The van der Waals surface area contributed by atoms with E-state index in [4.69, 9.17) is 9.47 Å². The third kappa shape index (κ3) is 5.03. The van der Waals surface area contributed by atoms with Crippen molar-refractivity contribution in [3.05, 3.63) is 0 Å². The molecule has 4 nitrogen and oxygen atoms in total. The van der Waals surface area contributed by atoms with E-state index in [9.17, 15) is 0 Å². The zero-order chi connectivity index (χ0) is 13.5. The summed E-state index contributed by atoms with van der Waals surface area (Å²) in [5, 5.41) is 3.70. The maximum Gasteiger partial charge on any atom is 0.0700 e. The standard InChI is InChI=1S/C15H30N2O2/c1-3-14-12-17(7-4-8-19-10-9-18-2)15(11-16-14)13-5-6-13/h13-16H,3-12H2,1-2H3. The number of nitrogens with zero attached hydrogens (tertiary/aromatic N) is 1. The van der Waals surface area contributed by atoms with Crippen LogP contribution >= 0.6 is 0 Å². The molecule has 2 aliphatic rings. The number of methoxy groups -OCH3 is 1. The maximum absolute atomic E-state index is 5.56. The number of hydrogen-bond acceptors (Lipinski definition) is 4. The minimum Gasteiger partial charge on any atom is -0.382 e. The second-order valence-electron chi connectivity index (χ2n) is 5.87. The van der Waals surface area contributed by atoms with Crippen LogP contribution in [0.5, 0.6) is 0 Å². The third-order valence-electron chi connectivity index (χ3n) is 4.36. The van der Waals surface area contributed by atoms with Crippen molar-refractivity contribution in [2.24, 2.45) is 5.92 Å².